The van der Waals surface area contributed by atoms with E-state index in [0.29, 0.717) is 12.3 Å². The number of benzene rings is 2. The zero-order valence-corrected chi connectivity index (χ0v) is 17.2. The molecule has 0 spiro atoms. The Bertz CT molecular complexity index is 963. The van der Waals surface area contributed by atoms with Crippen LogP contribution in [-0.2, 0) is 24.2 Å². The Morgan fingerprint density at radius 2 is 1.90 bits per heavy atom. The number of nitrogens with zero attached hydrogens (tertiary/aromatic N) is 1. The van der Waals surface area contributed by atoms with Crippen molar-refractivity contribution in [2.75, 3.05) is 13.2 Å². The van der Waals surface area contributed by atoms with Crippen LogP contribution in [0.15, 0.2) is 42.5 Å². The molecule has 0 saturated heterocycles. The summed E-state index contributed by atoms with van der Waals surface area (Å²) >= 11 is 0. The largest absolute Gasteiger partial charge is 0.493 e. The first-order valence-corrected chi connectivity index (χ1v) is 11.1. The molecular weight excluding hydrogens is 376 g/mol. The van der Waals surface area contributed by atoms with Crippen LogP contribution in [0.5, 0.6) is 5.75 Å². The average molecular weight is 405 g/mol. The number of fused-ring (bicyclic) bond motifs is 2. The van der Waals surface area contributed by atoms with E-state index < -0.39 is 0 Å². The number of carbonyl (C=O) groups excluding carboxylic acids is 2. The normalized spacial score (nSPS) is 22.4. The van der Waals surface area contributed by atoms with Gasteiger partial charge in [0.05, 0.1) is 13.0 Å². The number of hydrogen-bond donors (Lipinski definition) is 1. The molecular formula is C25H28N2O3. The lowest BCUT2D eigenvalue weighted by Gasteiger charge is -2.31. The van der Waals surface area contributed by atoms with Crippen molar-refractivity contribution < 1.29 is 14.3 Å². The molecule has 2 heterocycles. The van der Waals surface area contributed by atoms with Gasteiger partial charge in [-0.2, -0.15) is 0 Å². The van der Waals surface area contributed by atoms with Crippen LogP contribution < -0.4 is 10.1 Å². The monoisotopic (exact) mass is 404 g/mol. The second kappa shape index (κ2) is 8.13. The summed E-state index contributed by atoms with van der Waals surface area (Å²) in [5, 5.41) is 3.22. The van der Waals surface area contributed by atoms with Crippen LogP contribution in [0, 0.1) is 5.92 Å². The van der Waals surface area contributed by atoms with Gasteiger partial charge in [0.15, 0.2) is 0 Å². The highest BCUT2D eigenvalue weighted by Crippen LogP contribution is 2.30. The highest BCUT2D eigenvalue weighted by molar-refractivity contribution is 5.98. The van der Waals surface area contributed by atoms with Gasteiger partial charge in [-0.25, -0.2) is 0 Å². The minimum absolute atomic E-state index is 0.0995. The summed E-state index contributed by atoms with van der Waals surface area (Å²) in [6.07, 6.45) is 5.45. The maximum Gasteiger partial charge on any atom is 0.254 e. The van der Waals surface area contributed by atoms with E-state index in [2.05, 4.69) is 11.4 Å². The van der Waals surface area contributed by atoms with E-state index in [1.165, 1.54) is 5.56 Å². The molecule has 5 heteroatoms. The first-order chi connectivity index (χ1) is 14.7. The van der Waals surface area contributed by atoms with Gasteiger partial charge >= 0.3 is 0 Å². The lowest BCUT2D eigenvalue weighted by atomic mass is 9.85. The molecule has 5 nitrogen and oxygen atoms in total. The molecule has 0 bridgehead atoms. The highest BCUT2D eigenvalue weighted by atomic mass is 16.5. The molecule has 2 amide bonds. The zero-order valence-electron chi connectivity index (χ0n) is 17.2. The molecule has 2 aromatic carbocycles. The summed E-state index contributed by atoms with van der Waals surface area (Å²) in [5.74, 6) is 1.74. The molecule has 156 valence electrons. The average Bonchev–Trinajstić information content (AvgIpc) is 3.34. The minimum atomic E-state index is 0.0995. The summed E-state index contributed by atoms with van der Waals surface area (Å²) in [5.41, 5.74) is 4.26. The Hall–Kier alpha value is -2.82. The van der Waals surface area contributed by atoms with E-state index in [-0.39, 0.29) is 17.9 Å². The Morgan fingerprint density at radius 1 is 1.07 bits per heavy atom. The van der Waals surface area contributed by atoms with E-state index in [0.717, 1.165) is 74.2 Å². The van der Waals surface area contributed by atoms with Crippen molar-refractivity contribution in [1.29, 1.82) is 0 Å². The molecule has 3 aliphatic rings. The van der Waals surface area contributed by atoms with Gasteiger partial charge in [0.2, 0.25) is 5.91 Å². The summed E-state index contributed by atoms with van der Waals surface area (Å²) in [7, 11) is 0. The Kier molecular flexibility index (Phi) is 5.19. The first-order valence-electron chi connectivity index (χ1n) is 11.1. The predicted octanol–water partition coefficient (Wildman–Crippen LogP) is 3.50. The van der Waals surface area contributed by atoms with Gasteiger partial charge < -0.3 is 15.0 Å². The molecule has 5 rings (SSSR count). The van der Waals surface area contributed by atoms with Gasteiger partial charge in [-0.3, -0.25) is 9.59 Å². The van der Waals surface area contributed by atoms with Crippen LogP contribution in [0.2, 0.25) is 0 Å². The molecule has 2 aliphatic heterocycles. The van der Waals surface area contributed by atoms with Crippen molar-refractivity contribution in [3.63, 3.8) is 0 Å². The van der Waals surface area contributed by atoms with E-state index in [4.69, 9.17) is 4.74 Å². The number of amides is 2. The van der Waals surface area contributed by atoms with Crippen molar-refractivity contribution in [2.45, 2.75) is 51.1 Å². The molecule has 2 aromatic rings. The number of hydrogen-bond acceptors (Lipinski definition) is 3. The number of ether oxygens (including phenoxy) is 1. The molecule has 1 aliphatic carbocycles. The lowest BCUT2D eigenvalue weighted by molar-refractivity contribution is -0.121. The Labute approximate surface area is 177 Å². The van der Waals surface area contributed by atoms with Crippen LogP contribution >= 0.6 is 0 Å². The van der Waals surface area contributed by atoms with Crippen LogP contribution in [0.25, 0.3) is 0 Å². The van der Waals surface area contributed by atoms with E-state index >= 15 is 0 Å². The second-order valence-electron chi connectivity index (χ2n) is 8.85. The fourth-order valence-electron chi connectivity index (χ4n) is 5.08. The Morgan fingerprint density at radius 3 is 2.73 bits per heavy atom. The molecule has 1 saturated carbocycles. The first kappa shape index (κ1) is 19.2. The summed E-state index contributed by atoms with van der Waals surface area (Å²) < 4.78 is 5.54. The fraction of sp³-hybridized carbons (Fsp3) is 0.440. The van der Waals surface area contributed by atoms with E-state index in [1.807, 2.05) is 41.3 Å². The van der Waals surface area contributed by atoms with Crippen molar-refractivity contribution in [3.8, 4) is 5.75 Å². The second-order valence-corrected chi connectivity index (χ2v) is 8.85. The SMILES string of the molecule is O=C(Cc1ccc2c(c1)CCO2)NC1CCC(CN2Cc3ccccc3C2=O)CC1. The highest BCUT2D eigenvalue weighted by Gasteiger charge is 2.30. The quantitative estimate of drug-likeness (QED) is 0.830. The number of nitrogens with one attached hydrogen (secondary N) is 1. The van der Waals surface area contributed by atoms with Crippen molar-refractivity contribution >= 4 is 11.8 Å². The molecule has 0 atom stereocenters. The van der Waals surface area contributed by atoms with E-state index in [9.17, 15) is 9.59 Å². The smallest absolute Gasteiger partial charge is 0.254 e. The van der Waals surface area contributed by atoms with Gasteiger partial charge in [-0.15, -0.1) is 0 Å². The van der Waals surface area contributed by atoms with Crippen LogP contribution in [0.3, 0.4) is 0 Å². The topological polar surface area (TPSA) is 58.6 Å². The van der Waals surface area contributed by atoms with Gasteiger partial charge in [0.25, 0.3) is 5.91 Å². The summed E-state index contributed by atoms with van der Waals surface area (Å²) in [6.45, 7) is 2.30. The van der Waals surface area contributed by atoms with Gasteiger partial charge in [0, 0.05) is 31.1 Å². The predicted molar refractivity (Wildman–Crippen MR) is 114 cm³/mol. The number of carbonyl (C=O) groups is 2. The van der Waals surface area contributed by atoms with Crippen molar-refractivity contribution in [3.05, 3.63) is 64.7 Å². The van der Waals surface area contributed by atoms with E-state index in [1.54, 1.807) is 0 Å². The van der Waals surface area contributed by atoms with Gasteiger partial charge in [-0.05, 0) is 60.4 Å². The minimum Gasteiger partial charge on any atom is -0.493 e. The molecule has 0 radical (unpaired) electrons. The lowest BCUT2D eigenvalue weighted by Crippen LogP contribution is -2.40. The van der Waals surface area contributed by atoms with Crippen LogP contribution in [0.1, 0.15) is 52.7 Å². The van der Waals surface area contributed by atoms with Gasteiger partial charge in [0.1, 0.15) is 5.75 Å². The summed E-state index contributed by atoms with van der Waals surface area (Å²) in [4.78, 5) is 27.1. The third kappa shape index (κ3) is 3.93. The maximum absolute atomic E-state index is 12.6. The van der Waals surface area contributed by atoms with Gasteiger partial charge in [-0.1, -0.05) is 30.3 Å². The zero-order chi connectivity index (χ0) is 20.5. The molecule has 1 N–H and O–H groups in total. The fourth-order valence-corrected chi connectivity index (χ4v) is 5.08. The molecule has 30 heavy (non-hydrogen) atoms. The Balaban J connectivity index is 1.08. The van der Waals surface area contributed by atoms with Crippen molar-refractivity contribution in [1.82, 2.24) is 10.2 Å². The molecule has 0 unspecified atom stereocenters. The number of rotatable bonds is 5. The third-order valence-corrected chi connectivity index (χ3v) is 6.71. The molecule has 1 fully saturated rings. The summed E-state index contributed by atoms with van der Waals surface area (Å²) in [6, 6.07) is 14.2. The standard InChI is InChI=1S/C25H28N2O3/c28-24(14-18-7-10-23-19(13-18)11-12-30-23)26-21-8-5-17(6-9-21)15-27-16-20-3-1-2-4-22(20)25(27)29/h1-4,7,10,13,17,21H,5-6,8-9,11-12,14-16H2,(H,26,28). The molecule has 0 aromatic heterocycles. The van der Waals surface area contributed by atoms with Crippen LogP contribution in [-0.4, -0.2) is 35.9 Å². The van der Waals surface area contributed by atoms with Crippen LogP contribution in [0.4, 0.5) is 0 Å². The third-order valence-electron chi connectivity index (χ3n) is 6.71. The maximum atomic E-state index is 12.6. The van der Waals surface area contributed by atoms with Crippen molar-refractivity contribution in [2.24, 2.45) is 5.92 Å².